The number of likely N-dealkylation sites (tertiary alicyclic amines) is 1. The highest BCUT2D eigenvalue weighted by Crippen LogP contribution is 2.12. The Hall–Kier alpha value is -1.88. The summed E-state index contributed by atoms with van der Waals surface area (Å²) in [4.78, 5) is 26.2. The molecule has 0 spiro atoms. The van der Waals surface area contributed by atoms with Gasteiger partial charge in [-0.2, -0.15) is 0 Å². The third-order valence-electron chi connectivity index (χ3n) is 3.93. The second-order valence-corrected chi connectivity index (χ2v) is 5.58. The van der Waals surface area contributed by atoms with Gasteiger partial charge in [0.15, 0.2) is 0 Å². The van der Waals surface area contributed by atoms with Crippen molar-refractivity contribution in [3.63, 3.8) is 0 Å². The number of benzene rings is 1. The maximum atomic E-state index is 12.4. The minimum atomic E-state index is -0.499. The van der Waals surface area contributed by atoms with Crippen LogP contribution in [0.3, 0.4) is 0 Å². The van der Waals surface area contributed by atoms with E-state index < -0.39 is 6.04 Å². The summed E-state index contributed by atoms with van der Waals surface area (Å²) in [5, 5.41) is 2.94. The molecule has 0 aromatic heterocycles. The number of esters is 1. The SMILES string of the molecule is CNC(CC(=O)OCc1ccccc1)C(=O)N1CCCCC1. The molecule has 2 rings (SSSR count). The first kappa shape index (κ1) is 16.5. The number of piperidine rings is 1. The minimum absolute atomic E-state index is 0.00105. The van der Waals surface area contributed by atoms with Gasteiger partial charge in [-0.15, -0.1) is 0 Å². The number of amides is 1. The molecule has 1 saturated heterocycles. The van der Waals surface area contributed by atoms with E-state index in [0.717, 1.165) is 31.5 Å². The number of nitrogens with one attached hydrogen (secondary N) is 1. The number of carbonyl (C=O) groups excluding carboxylic acids is 2. The van der Waals surface area contributed by atoms with E-state index in [-0.39, 0.29) is 24.9 Å². The van der Waals surface area contributed by atoms with Crippen molar-refractivity contribution in [1.29, 1.82) is 0 Å². The quantitative estimate of drug-likeness (QED) is 0.813. The predicted octanol–water partition coefficient (Wildman–Crippen LogP) is 1.72. The van der Waals surface area contributed by atoms with Gasteiger partial charge in [0.2, 0.25) is 5.91 Å². The van der Waals surface area contributed by atoms with Crippen LogP contribution in [0, 0.1) is 0 Å². The lowest BCUT2D eigenvalue weighted by Gasteiger charge is -2.30. The Bertz CT molecular complexity index is 484. The van der Waals surface area contributed by atoms with E-state index in [9.17, 15) is 9.59 Å². The second kappa shape index (κ2) is 8.54. The van der Waals surface area contributed by atoms with Crippen LogP contribution in [-0.4, -0.2) is 43.0 Å². The maximum Gasteiger partial charge on any atom is 0.308 e. The fraction of sp³-hybridized carbons (Fsp3) is 0.529. The van der Waals surface area contributed by atoms with Crippen LogP contribution < -0.4 is 5.32 Å². The zero-order valence-electron chi connectivity index (χ0n) is 13.1. The second-order valence-electron chi connectivity index (χ2n) is 5.58. The number of ether oxygens (including phenoxy) is 1. The number of carbonyl (C=O) groups is 2. The summed E-state index contributed by atoms with van der Waals surface area (Å²) in [5.41, 5.74) is 0.944. The van der Waals surface area contributed by atoms with Gasteiger partial charge in [0, 0.05) is 13.1 Å². The molecule has 1 N–H and O–H groups in total. The van der Waals surface area contributed by atoms with E-state index in [0.29, 0.717) is 0 Å². The molecule has 120 valence electrons. The molecule has 1 unspecified atom stereocenters. The van der Waals surface area contributed by atoms with E-state index in [2.05, 4.69) is 5.32 Å². The van der Waals surface area contributed by atoms with Crippen LogP contribution >= 0.6 is 0 Å². The summed E-state index contributed by atoms with van der Waals surface area (Å²) in [6.07, 6.45) is 3.33. The Morgan fingerprint density at radius 2 is 1.86 bits per heavy atom. The average Bonchev–Trinajstić information content (AvgIpc) is 2.59. The zero-order valence-corrected chi connectivity index (χ0v) is 13.1. The van der Waals surface area contributed by atoms with Gasteiger partial charge in [0.1, 0.15) is 6.61 Å². The molecule has 1 heterocycles. The van der Waals surface area contributed by atoms with Gasteiger partial charge in [-0.25, -0.2) is 0 Å². The van der Waals surface area contributed by atoms with E-state index in [4.69, 9.17) is 4.74 Å². The highest BCUT2D eigenvalue weighted by molar-refractivity contribution is 5.86. The Labute approximate surface area is 131 Å². The van der Waals surface area contributed by atoms with Crippen molar-refractivity contribution >= 4 is 11.9 Å². The van der Waals surface area contributed by atoms with Crippen LogP contribution in [0.2, 0.25) is 0 Å². The highest BCUT2D eigenvalue weighted by atomic mass is 16.5. The van der Waals surface area contributed by atoms with Gasteiger partial charge in [-0.3, -0.25) is 9.59 Å². The molecule has 5 nitrogen and oxygen atoms in total. The largest absolute Gasteiger partial charge is 0.461 e. The molecule has 1 aromatic rings. The van der Waals surface area contributed by atoms with Crippen LogP contribution in [0.25, 0.3) is 0 Å². The summed E-state index contributed by atoms with van der Waals surface area (Å²) < 4.78 is 5.25. The van der Waals surface area contributed by atoms with Crippen LogP contribution in [-0.2, 0) is 20.9 Å². The molecule has 5 heteroatoms. The summed E-state index contributed by atoms with van der Waals surface area (Å²) in [6.45, 7) is 1.82. The molecule has 0 radical (unpaired) electrons. The molecular formula is C17H24N2O3. The first-order chi connectivity index (χ1) is 10.7. The Morgan fingerprint density at radius 3 is 2.50 bits per heavy atom. The summed E-state index contributed by atoms with van der Waals surface area (Å²) >= 11 is 0. The summed E-state index contributed by atoms with van der Waals surface area (Å²) in [5.74, 6) is -0.354. The minimum Gasteiger partial charge on any atom is -0.461 e. The van der Waals surface area contributed by atoms with Gasteiger partial charge in [-0.05, 0) is 31.9 Å². The molecule has 1 fully saturated rings. The fourth-order valence-electron chi connectivity index (χ4n) is 2.61. The van der Waals surface area contributed by atoms with Crippen LogP contribution in [0.15, 0.2) is 30.3 Å². The molecule has 0 saturated carbocycles. The molecule has 1 aliphatic heterocycles. The maximum absolute atomic E-state index is 12.4. The molecule has 1 aliphatic rings. The lowest BCUT2D eigenvalue weighted by atomic mass is 10.1. The van der Waals surface area contributed by atoms with Gasteiger partial charge in [-0.1, -0.05) is 30.3 Å². The van der Waals surface area contributed by atoms with Crippen LogP contribution in [0.5, 0.6) is 0 Å². The molecule has 0 bridgehead atoms. The van der Waals surface area contributed by atoms with Crippen molar-refractivity contribution in [2.24, 2.45) is 0 Å². The first-order valence-electron chi connectivity index (χ1n) is 7.86. The molecule has 1 atom stereocenters. The normalized spacial score (nSPS) is 16.1. The number of likely N-dealkylation sites (N-methyl/N-ethyl adjacent to an activating group) is 1. The van der Waals surface area contributed by atoms with Crippen molar-refractivity contribution in [2.45, 2.75) is 38.3 Å². The Kier molecular flexibility index (Phi) is 6.40. The predicted molar refractivity (Wildman–Crippen MR) is 84.1 cm³/mol. The molecule has 1 amide bonds. The molecule has 1 aromatic carbocycles. The first-order valence-corrected chi connectivity index (χ1v) is 7.86. The average molecular weight is 304 g/mol. The van der Waals surface area contributed by atoms with Gasteiger partial charge in [0.25, 0.3) is 0 Å². The lowest BCUT2D eigenvalue weighted by molar-refractivity contribution is -0.148. The van der Waals surface area contributed by atoms with Gasteiger partial charge in [0.05, 0.1) is 12.5 Å². The smallest absolute Gasteiger partial charge is 0.308 e. The van der Waals surface area contributed by atoms with Crippen molar-refractivity contribution in [3.8, 4) is 0 Å². The third kappa shape index (κ3) is 4.84. The number of hydrogen-bond donors (Lipinski definition) is 1. The van der Waals surface area contributed by atoms with E-state index in [1.807, 2.05) is 35.2 Å². The van der Waals surface area contributed by atoms with Crippen molar-refractivity contribution in [1.82, 2.24) is 10.2 Å². The van der Waals surface area contributed by atoms with E-state index >= 15 is 0 Å². The summed E-state index contributed by atoms with van der Waals surface area (Å²) in [6, 6.07) is 9.03. The Morgan fingerprint density at radius 1 is 1.18 bits per heavy atom. The van der Waals surface area contributed by atoms with Crippen LogP contribution in [0.4, 0.5) is 0 Å². The monoisotopic (exact) mass is 304 g/mol. The number of nitrogens with zero attached hydrogens (tertiary/aromatic N) is 1. The topological polar surface area (TPSA) is 58.6 Å². The fourth-order valence-corrected chi connectivity index (χ4v) is 2.61. The van der Waals surface area contributed by atoms with Crippen molar-refractivity contribution in [3.05, 3.63) is 35.9 Å². The number of rotatable bonds is 6. The molecular weight excluding hydrogens is 280 g/mol. The molecule has 0 aliphatic carbocycles. The third-order valence-corrected chi connectivity index (χ3v) is 3.93. The van der Waals surface area contributed by atoms with Gasteiger partial charge >= 0.3 is 5.97 Å². The van der Waals surface area contributed by atoms with Crippen LogP contribution in [0.1, 0.15) is 31.2 Å². The number of hydrogen-bond acceptors (Lipinski definition) is 4. The molecule has 22 heavy (non-hydrogen) atoms. The van der Waals surface area contributed by atoms with Gasteiger partial charge < -0.3 is 15.0 Å². The van der Waals surface area contributed by atoms with Crippen molar-refractivity contribution in [2.75, 3.05) is 20.1 Å². The standard InChI is InChI=1S/C17H24N2O3/c1-18-15(17(21)19-10-6-3-7-11-19)12-16(20)22-13-14-8-4-2-5-9-14/h2,4-5,8-9,15,18H,3,6-7,10-13H2,1H3. The highest BCUT2D eigenvalue weighted by Gasteiger charge is 2.26. The Balaban J connectivity index is 1.81. The van der Waals surface area contributed by atoms with E-state index in [1.165, 1.54) is 6.42 Å². The summed E-state index contributed by atoms with van der Waals surface area (Å²) in [7, 11) is 1.71. The zero-order chi connectivity index (χ0) is 15.8. The van der Waals surface area contributed by atoms with E-state index in [1.54, 1.807) is 7.05 Å². The lowest BCUT2D eigenvalue weighted by Crippen LogP contribution is -2.48. The van der Waals surface area contributed by atoms with Crippen molar-refractivity contribution < 1.29 is 14.3 Å².